The zero-order valence-electron chi connectivity index (χ0n) is 12.0. The molecular weight excluding hydrogens is 291 g/mol. The van der Waals surface area contributed by atoms with E-state index in [1.807, 2.05) is 4.90 Å². The molecule has 0 amide bonds. The largest absolute Gasteiger partial charge is 0.481 e. The number of aromatic nitrogens is 5. The van der Waals surface area contributed by atoms with Gasteiger partial charge in [-0.3, -0.25) is 4.79 Å². The summed E-state index contributed by atoms with van der Waals surface area (Å²) in [5, 5.41) is 12.9. The van der Waals surface area contributed by atoms with E-state index >= 15 is 0 Å². The fourth-order valence-corrected chi connectivity index (χ4v) is 2.50. The first kappa shape index (κ1) is 14.4. The number of aryl methyl sites for hydroxylation is 1. The van der Waals surface area contributed by atoms with Gasteiger partial charge in [-0.1, -0.05) is 0 Å². The predicted octanol–water partition coefficient (Wildman–Crippen LogP) is 0.712. The number of rotatable bonds is 3. The van der Waals surface area contributed by atoms with Gasteiger partial charge in [0.2, 0.25) is 5.95 Å². The molecule has 1 aliphatic rings. The number of aliphatic carboxylic acids is 1. The van der Waals surface area contributed by atoms with Crippen LogP contribution in [-0.4, -0.2) is 48.9 Å². The van der Waals surface area contributed by atoms with Crippen molar-refractivity contribution in [2.45, 2.75) is 12.8 Å². The van der Waals surface area contributed by atoms with E-state index in [1.54, 1.807) is 7.05 Å². The van der Waals surface area contributed by atoms with Gasteiger partial charge in [0.1, 0.15) is 12.0 Å². The average Bonchev–Trinajstić information content (AvgIpc) is 2.94. The molecule has 0 unspecified atom stereocenters. The first-order chi connectivity index (χ1) is 10.6. The summed E-state index contributed by atoms with van der Waals surface area (Å²) in [6.45, 7) is 1.06. The van der Waals surface area contributed by atoms with E-state index in [4.69, 9.17) is 5.11 Å². The number of piperidine rings is 1. The van der Waals surface area contributed by atoms with Gasteiger partial charge in [0.05, 0.1) is 12.1 Å². The van der Waals surface area contributed by atoms with Crippen molar-refractivity contribution < 1.29 is 14.3 Å². The van der Waals surface area contributed by atoms with Crippen molar-refractivity contribution in [1.29, 1.82) is 0 Å². The molecule has 3 heterocycles. The number of carboxylic acids is 1. The summed E-state index contributed by atoms with van der Waals surface area (Å²) in [4.78, 5) is 25.1. The smallest absolute Gasteiger partial charge is 0.306 e. The van der Waals surface area contributed by atoms with Gasteiger partial charge in [0, 0.05) is 20.1 Å². The number of hydrogen-bond donors (Lipinski definition) is 1. The van der Waals surface area contributed by atoms with Crippen LogP contribution in [0.1, 0.15) is 12.8 Å². The highest BCUT2D eigenvalue weighted by Gasteiger charge is 2.26. The molecule has 2 aromatic rings. The van der Waals surface area contributed by atoms with E-state index in [0.717, 1.165) is 6.20 Å². The SMILES string of the molecule is Cn1ncnc1-c1nc(N2CCC(C(=O)O)CC2)ncc1F. The second-order valence-corrected chi connectivity index (χ2v) is 5.17. The van der Waals surface area contributed by atoms with Crippen molar-refractivity contribution in [1.82, 2.24) is 24.7 Å². The van der Waals surface area contributed by atoms with Gasteiger partial charge in [0.25, 0.3) is 0 Å². The normalized spacial score (nSPS) is 16.0. The number of hydrogen-bond acceptors (Lipinski definition) is 6. The molecule has 0 aromatic carbocycles. The maximum absolute atomic E-state index is 13.9. The van der Waals surface area contributed by atoms with E-state index in [9.17, 15) is 9.18 Å². The molecule has 0 bridgehead atoms. The lowest BCUT2D eigenvalue weighted by Crippen LogP contribution is -2.37. The first-order valence-corrected chi connectivity index (χ1v) is 6.91. The number of carboxylic acid groups (broad SMARTS) is 1. The lowest BCUT2D eigenvalue weighted by molar-refractivity contribution is -0.142. The second kappa shape index (κ2) is 5.66. The Kier molecular flexibility index (Phi) is 3.70. The minimum absolute atomic E-state index is 0.0883. The van der Waals surface area contributed by atoms with E-state index < -0.39 is 11.8 Å². The van der Waals surface area contributed by atoms with Crippen LogP contribution in [0.25, 0.3) is 11.5 Å². The van der Waals surface area contributed by atoms with Crippen molar-refractivity contribution in [3.05, 3.63) is 18.3 Å². The van der Waals surface area contributed by atoms with Gasteiger partial charge in [-0.25, -0.2) is 24.0 Å². The second-order valence-electron chi connectivity index (χ2n) is 5.17. The fourth-order valence-electron chi connectivity index (χ4n) is 2.50. The zero-order chi connectivity index (χ0) is 15.7. The molecule has 1 fully saturated rings. The number of anilines is 1. The molecule has 22 heavy (non-hydrogen) atoms. The summed E-state index contributed by atoms with van der Waals surface area (Å²) < 4.78 is 15.4. The van der Waals surface area contributed by atoms with Crippen molar-refractivity contribution >= 4 is 11.9 Å². The molecule has 0 spiro atoms. The van der Waals surface area contributed by atoms with E-state index in [-0.39, 0.29) is 11.6 Å². The van der Waals surface area contributed by atoms with Crippen LogP contribution in [-0.2, 0) is 11.8 Å². The maximum atomic E-state index is 13.9. The maximum Gasteiger partial charge on any atom is 0.306 e. The van der Waals surface area contributed by atoms with Crippen LogP contribution >= 0.6 is 0 Å². The van der Waals surface area contributed by atoms with E-state index in [0.29, 0.717) is 37.7 Å². The molecule has 0 saturated carbocycles. The molecule has 116 valence electrons. The fraction of sp³-hybridized carbons (Fsp3) is 0.462. The minimum Gasteiger partial charge on any atom is -0.481 e. The minimum atomic E-state index is -0.778. The third-order valence-electron chi connectivity index (χ3n) is 3.78. The Labute approximate surface area is 125 Å². The van der Waals surface area contributed by atoms with Gasteiger partial charge < -0.3 is 10.0 Å². The van der Waals surface area contributed by atoms with Gasteiger partial charge in [0.15, 0.2) is 11.6 Å². The summed E-state index contributed by atoms with van der Waals surface area (Å²) in [5.41, 5.74) is 0.0883. The summed E-state index contributed by atoms with van der Waals surface area (Å²) in [7, 11) is 1.65. The van der Waals surface area contributed by atoms with Crippen LogP contribution in [0.15, 0.2) is 12.5 Å². The Bertz CT molecular complexity index is 696. The van der Waals surface area contributed by atoms with Crippen molar-refractivity contribution in [3.8, 4) is 11.5 Å². The quantitative estimate of drug-likeness (QED) is 0.892. The van der Waals surface area contributed by atoms with Gasteiger partial charge in [-0.15, -0.1) is 0 Å². The molecule has 3 rings (SSSR count). The summed E-state index contributed by atoms with van der Waals surface area (Å²) >= 11 is 0. The Morgan fingerprint density at radius 3 is 2.68 bits per heavy atom. The number of halogens is 1. The van der Waals surface area contributed by atoms with Gasteiger partial charge in [-0.05, 0) is 12.8 Å². The highest BCUT2D eigenvalue weighted by atomic mass is 19.1. The van der Waals surface area contributed by atoms with Crippen LogP contribution in [0.4, 0.5) is 10.3 Å². The highest BCUT2D eigenvalue weighted by Crippen LogP contribution is 2.24. The highest BCUT2D eigenvalue weighted by molar-refractivity contribution is 5.70. The van der Waals surface area contributed by atoms with Crippen LogP contribution in [0.5, 0.6) is 0 Å². The Balaban J connectivity index is 1.84. The standard InChI is InChI=1S/C13H15FN6O2/c1-19-11(16-7-17-19)10-9(14)6-15-13(18-10)20-4-2-8(3-5-20)12(21)22/h6-8H,2-5H2,1H3,(H,21,22). The lowest BCUT2D eigenvalue weighted by Gasteiger charge is -2.30. The van der Waals surface area contributed by atoms with Crippen LogP contribution < -0.4 is 4.90 Å². The van der Waals surface area contributed by atoms with Gasteiger partial charge in [-0.2, -0.15) is 5.10 Å². The number of nitrogens with zero attached hydrogens (tertiary/aromatic N) is 6. The molecule has 0 radical (unpaired) electrons. The Hall–Kier alpha value is -2.58. The van der Waals surface area contributed by atoms with E-state index in [1.165, 1.54) is 11.0 Å². The Morgan fingerprint density at radius 2 is 2.09 bits per heavy atom. The van der Waals surface area contributed by atoms with Crippen molar-refractivity contribution in [3.63, 3.8) is 0 Å². The molecule has 8 nitrogen and oxygen atoms in total. The van der Waals surface area contributed by atoms with Crippen LogP contribution in [0, 0.1) is 11.7 Å². The Morgan fingerprint density at radius 1 is 1.36 bits per heavy atom. The lowest BCUT2D eigenvalue weighted by atomic mass is 9.97. The predicted molar refractivity (Wildman–Crippen MR) is 74.6 cm³/mol. The molecule has 2 aromatic heterocycles. The van der Waals surface area contributed by atoms with Crippen molar-refractivity contribution in [2.24, 2.45) is 13.0 Å². The van der Waals surface area contributed by atoms with Gasteiger partial charge >= 0.3 is 5.97 Å². The molecular formula is C13H15FN6O2. The summed E-state index contributed by atoms with van der Waals surface area (Å²) in [6, 6.07) is 0. The molecule has 9 heteroatoms. The summed E-state index contributed by atoms with van der Waals surface area (Å²) in [6.07, 6.45) is 3.48. The third-order valence-corrected chi connectivity index (χ3v) is 3.78. The topological polar surface area (TPSA) is 97.0 Å². The van der Waals surface area contributed by atoms with Crippen LogP contribution in [0.3, 0.4) is 0 Å². The zero-order valence-corrected chi connectivity index (χ0v) is 12.0. The molecule has 0 atom stereocenters. The average molecular weight is 306 g/mol. The first-order valence-electron chi connectivity index (χ1n) is 6.91. The van der Waals surface area contributed by atoms with Crippen LogP contribution in [0.2, 0.25) is 0 Å². The molecule has 1 saturated heterocycles. The monoisotopic (exact) mass is 306 g/mol. The molecule has 1 aliphatic heterocycles. The molecule has 1 N–H and O–H groups in total. The third kappa shape index (κ3) is 2.61. The van der Waals surface area contributed by atoms with E-state index in [2.05, 4.69) is 20.1 Å². The number of carbonyl (C=O) groups is 1. The molecule has 0 aliphatic carbocycles. The van der Waals surface area contributed by atoms with Crippen molar-refractivity contribution in [2.75, 3.05) is 18.0 Å². The summed E-state index contributed by atoms with van der Waals surface area (Å²) in [5.74, 6) is -0.987.